The fraction of sp³-hybridized carbons (Fsp3) is 0.286. The van der Waals surface area contributed by atoms with Gasteiger partial charge < -0.3 is 9.84 Å². The molecule has 0 bridgehead atoms. The molecule has 2 N–H and O–H groups in total. The molecule has 116 valence electrons. The van der Waals surface area contributed by atoms with Crippen molar-refractivity contribution in [2.75, 3.05) is 5.32 Å². The molecule has 1 amide bonds. The fourth-order valence-electron chi connectivity index (χ4n) is 1.56. The van der Waals surface area contributed by atoms with E-state index in [1.807, 2.05) is 0 Å². The number of aromatic carboxylic acids is 1. The topological polar surface area (TPSA) is 101 Å². The lowest BCUT2D eigenvalue weighted by Crippen LogP contribution is -2.27. The maximum Gasteiger partial charge on any atom is 0.412 e. The molecule has 0 aromatic carbocycles. The van der Waals surface area contributed by atoms with Crippen LogP contribution in [-0.2, 0) is 4.74 Å². The minimum Gasteiger partial charge on any atom is -0.476 e. The lowest BCUT2D eigenvalue weighted by atomic mass is 10.2. The van der Waals surface area contributed by atoms with Crippen molar-refractivity contribution >= 4 is 28.4 Å². The van der Waals surface area contributed by atoms with Gasteiger partial charge in [-0.2, -0.15) is 0 Å². The van der Waals surface area contributed by atoms with E-state index in [-0.39, 0.29) is 10.7 Å². The van der Waals surface area contributed by atoms with Gasteiger partial charge in [0.2, 0.25) is 0 Å². The molecule has 0 saturated heterocycles. The molecule has 7 nitrogen and oxygen atoms in total. The summed E-state index contributed by atoms with van der Waals surface area (Å²) in [6.07, 6.45) is 2.45. The fourth-order valence-corrected chi connectivity index (χ4v) is 2.49. The largest absolute Gasteiger partial charge is 0.476 e. The number of hydrogen-bond acceptors (Lipinski definition) is 6. The van der Waals surface area contributed by atoms with Crippen LogP contribution in [0.15, 0.2) is 24.5 Å². The van der Waals surface area contributed by atoms with Crippen LogP contribution in [0.2, 0.25) is 0 Å². The van der Waals surface area contributed by atoms with Crippen LogP contribution in [0.3, 0.4) is 0 Å². The molecule has 2 aromatic heterocycles. The Balaban J connectivity index is 2.29. The smallest absolute Gasteiger partial charge is 0.412 e. The van der Waals surface area contributed by atoms with E-state index in [1.165, 1.54) is 0 Å². The Kier molecular flexibility index (Phi) is 4.41. The van der Waals surface area contributed by atoms with Gasteiger partial charge >= 0.3 is 12.1 Å². The van der Waals surface area contributed by atoms with Gasteiger partial charge in [-0.15, -0.1) is 0 Å². The highest BCUT2D eigenvalue weighted by Crippen LogP contribution is 2.32. The lowest BCUT2D eigenvalue weighted by Gasteiger charge is -2.19. The molecule has 0 aliphatic heterocycles. The van der Waals surface area contributed by atoms with Crippen LogP contribution in [0, 0.1) is 0 Å². The van der Waals surface area contributed by atoms with Crippen LogP contribution in [0.5, 0.6) is 0 Å². The van der Waals surface area contributed by atoms with E-state index >= 15 is 0 Å². The van der Waals surface area contributed by atoms with Crippen molar-refractivity contribution in [2.24, 2.45) is 0 Å². The Morgan fingerprint density at radius 3 is 2.64 bits per heavy atom. The number of aromatic nitrogens is 2. The average Bonchev–Trinajstić information content (AvgIpc) is 2.81. The molecule has 8 heteroatoms. The van der Waals surface area contributed by atoms with E-state index in [4.69, 9.17) is 4.74 Å². The maximum atomic E-state index is 11.8. The van der Waals surface area contributed by atoms with Crippen LogP contribution >= 0.6 is 11.3 Å². The zero-order valence-corrected chi connectivity index (χ0v) is 13.1. The number of carboxylic acid groups (broad SMARTS) is 1. The summed E-state index contributed by atoms with van der Waals surface area (Å²) in [5.74, 6) is -1.22. The molecule has 22 heavy (non-hydrogen) atoms. The summed E-state index contributed by atoms with van der Waals surface area (Å²) >= 11 is 1.05. The zero-order chi connectivity index (χ0) is 16.3. The second kappa shape index (κ2) is 6.10. The molecule has 0 spiro atoms. The molecular weight excluding hydrogens is 306 g/mol. The van der Waals surface area contributed by atoms with Crippen LogP contribution in [0.1, 0.15) is 31.3 Å². The monoisotopic (exact) mass is 321 g/mol. The number of carbonyl (C=O) groups excluding carboxylic acids is 1. The number of nitrogens with one attached hydrogen (secondary N) is 1. The molecule has 2 aromatic rings. The summed E-state index contributed by atoms with van der Waals surface area (Å²) in [5, 5.41) is 12.2. The first kappa shape index (κ1) is 15.9. The van der Waals surface area contributed by atoms with Crippen molar-refractivity contribution in [1.82, 2.24) is 9.97 Å². The molecular formula is C14H15N3O4S. The minimum atomic E-state index is -1.22. The van der Waals surface area contributed by atoms with E-state index in [0.29, 0.717) is 10.6 Å². The van der Waals surface area contributed by atoms with Crippen LogP contribution in [0.4, 0.5) is 9.80 Å². The number of amides is 1. The van der Waals surface area contributed by atoms with Gasteiger partial charge in [-0.3, -0.25) is 10.3 Å². The van der Waals surface area contributed by atoms with Crippen molar-refractivity contribution in [3.8, 4) is 10.6 Å². The number of ether oxygens (including phenoxy) is 1. The van der Waals surface area contributed by atoms with Crippen molar-refractivity contribution in [3.63, 3.8) is 0 Å². The quantitative estimate of drug-likeness (QED) is 0.899. The van der Waals surface area contributed by atoms with E-state index < -0.39 is 17.7 Å². The molecule has 2 rings (SSSR count). The number of hydrogen-bond donors (Lipinski definition) is 2. The van der Waals surface area contributed by atoms with Gasteiger partial charge in [0.05, 0.1) is 0 Å². The molecule has 0 atom stereocenters. The molecule has 0 fully saturated rings. The molecule has 0 radical (unpaired) electrons. The van der Waals surface area contributed by atoms with Gasteiger partial charge in [0.1, 0.15) is 15.6 Å². The third-order valence-electron chi connectivity index (χ3n) is 2.35. The summed E-state index contributed by atoms with van der Waals surface area (Å²) in [6, 6.07) is 3.48. The standard InChI is InChI=1S/C14H15N3O4S/c1-14(2,3)21-13(20)17-11-9(12(18)19)16-10(22-11)8-5-4-6-15-7-8/h4-7H,1-3H3,(H,17,20)(H,18,19). The van der Waals surface area contributed by atoms with Crippen molar-refractivity contribution in [1.29, 1.82) is 0 Å². The molecule has 2 heterocycles. The van der Waals surface area contributed by atoms with Crippen LogP contribution < -0.4 is 5.32 Å². The van der Waals surface area contributed by atoms with Crippen molar-refractivity contribution in [2.45, 2.75) is 26.4 Å². The van der Waals surface area contributed by atoms with Gasteiger partial charge in [-0.1, -0.05) is 11.3 Å². The van der Waals surface area contributed by atoms with Gasteiger partial charge in [-0.05, 0) is 32.9 Å². The predicted octanol–water partition coefficient (Wildman–Crippen LogP) is 3.25. The maximum absolute atomic E-state index is 11.8. The SMILES string of the molecule is CC(C)(C)OC(=O)Nc1sc(-c2cccnc2)nc1C(=O)O. The van der Waals surface area contributed by atoms with Crippen molar-refractivity contribution < 1.29 is 19.4 Å². The predicted molar refractivity (Wildman–Crippen MR) is 82.2 cm³/mol. The van der Waals surface area contributed by atoms with E-state index in [2.05, 4.69) is 15.3 Å². The Labute approximate surface area is 131 Å². The van der Waals surface area contributed by atoms with Crippen LogP contribution in [-0.4, -0.2) is 32.7 Å². The normalized spacial score (nSPS) is 11.0. The van der Waals surface area contributed by atoms with Gasteiger partial charge in [0.25, 0.3) is 0 Å². The first-order valence-electron chi connectivity index (χ1n) is 6.41. The highest BCUT2D eigenvalue weighted by Gasteiger charge is 2.23. The third kappa shape index (κ3) is 4.01. The number of carboxylic acids is 1. The number of anilines is 1. The zero-order valence-electron chi connectivity index (χ0n) is 12.3. The summed E-state index contributed by atoms with van der Waals surface area (Å²) in [7, 11) is 0. The minimum absolute atomic E-state index is 0.126. The number of carbonyl (C=O) groups is 2. The first-order valence-corrected chi connectivity index (χ1v) is 7.22. The molecule has 0 aliphatic carbocycles. The molecule has 0 aliphatic rings. The van der Waals surface area contributed by atoms with E-state index in [1.54, 1.807) is 45.3 Å². The first-order chi connectivity index (χ1) is 10.3. The van der Waals surface area contributed by atoms with E-state index in [9.17, 15) is 14.7 Å². The second-order valence-electron chi connectivity index (χ2n) is 5.37. The summed E-state index contributed by atoms with van der Waals surface area (Å²) < 4.78 is 5.11. The number of thiazole rings is 1. The second-order valence-corrected chi connectivity index (χ2v) is 6.37. The third-order valence-corrected chi connectivity index (χ3v) is 3.37. The number of rotatable bonds is 3. The van der Waals surface area contributed by atoms with Gasteiger partial charge in [0.15, 0.2) is 5.69 Å². The molecule has 0 unspecified atom stereocenters. The summed E-state index contributed by atoms with van der Waals surface area (Å²) in [6.45, 7) is 5.16. The Morgan fingerprint density at radius 2 is 2.09 bits per heavy atom. The Bertz CT molecular complexity index is 692. The highest BCUT2D eigenvalue weighted by molar-refractivity contribution is 7.19. The lowest BCUT2D eigenvalue weighted by molar-refractivity contribution is 0.0636. The van der Waals surface area contributed by atoms with Gasteiger partial charge in [0, 0.05) is 18.0 Å². The average molecular weight is 321 g/mol. The Hall–Kier alpha value is -2.48. The van der Waals surface area contributed by atoms with Gasteiger partial charge in [-0.25, -0.2) is 14.6 Å². The summed E-state index contributed by atoms with van der Waals surface area (Å²) in [5.41, 5.74) is -0.230. The highest BCUT2D eigenvalue weighted by atomic mass is 32.1. The number of pyridine rings is 1. The van der Waals surface area contributed by atoms with Crippen molar-refractivity contribution in [3.05, 3.63) is 30.2 Å². The number of nitrogens with zero attached hydrogens (tertiary/aromatic N) is 2. The molecule has 0 saturated carbocycles. The summed E-state index contributed by atoms with van der Waals surface area (Å²) in [4.78, 5) is 31.1. The Morgan fingerprint density at radius 1 is 1.36 bits per heavy atom. The van der Waals surface area contributed by atoms with Crippen LogP contribution in [0.25, 0.3) is 10.6 Å². The van der Waals surface area contributed by atoms with E-state index in [0.717, 1.165) is 11.3 Å².